The molecular formula is C14H22N2O. The molecule has 0 bridgehead atoms. The largest absolute Gasteiger partial charge is 0.326 e. The van der Waals surface area contributed by atoms with Gasteiger partial charge in [0.05, 0.1) is 0 Å². The van der Waals surface area contributed by atoms with Gasteiger partial charge in [0.15, 0.2) is 0 Å². The summed E-state index contributed by atoms with van der Waals surface area (Å²) in [6, 6.07) is 2.01. The van der Waals surface area contributed by atoms with Gasteiger partial charge in [0.2, 0.25) is 0 Å². The normalized spacial score (nSPS) is 20.1. The van der Waals surface area contributed by atoms with Crippen LogP contribution in [0.1, 0.15) is 44.0 Å². The van der Waals surface area contributed by atoms with Crippen molar-refractivity contribution in [1.82, 2.24) is 4.98 Å². The first-order valence-corrected chi connectivity index (χ1v) is 6.36. The van der Waals surface area contributed by atoms with Crippen molar-refractivity contribution in [2.45, 2.75) is 46.6 Å². The third-order valence-corrected chi connectivity index (χ3v) is 3.95. The number of hydrogen-bond donors (Lipinski definition) is 2. The summed E-state index contributed by atoms with van der Waals surface area (Å²) < 4.78 is 0. The highest BCUT2D eigenvalue weighted by molar-refractivity contribution is 5.28. The summed E-state index contributed by atoms with van der Waals surface area (Å²) in [5.41, 5.74) is 9.01. The van der Waals surface area contributed by atoms with Gasteiger partial charge in [0, 0.05) is 17.8 Å². The first-order chi connectivity index (χ1) is 7.91. The van der Waals surface area contributed by atoms with Crippen LogP contribution in [0.15, 0.2) is 10.9 Å². The van der Waals surface area contributed by atoms with Gasteiger partial charge in [-0.25, -0.2) is 0 Å². The number of nitrogens with one attached hydrogen (secondary N) is 1. The Bertz CT molecular complexity index is 468. The number of aryl methyl sites for hydroxylation is 1. The molecule has 1 aliphatic carbocycles. The maximum atomic E-state index is 11.7. The van der Waals surface area contributed by atoms with Gasteiger partial charge in [0.1, 0.15) is 0 Å². The van der Waals surface area contributed by atoms with E-state index in [1.165, 1.54) is 5.56 Å². The second-order valence-corrected chi connectivity index (χ2v) is 6.14. The smallest absolute Gasteiger partial charge is 0.252 e. The van der Waals surface area contributed by atoms with Crippen LogP contribution in [0.25, 0.3) is 0 Å². The van der Waals surface area contributed by atoms with Gasteiger partial charge in [-0.15, -0.1) is 0 Å². The minimum Gasteiger partial charge on any atom is -0.326 e. The molecule has 1 heterocycles. The fourth-order valence-corrected chi connectivity index (χ4v) is 2.64. The molecule has 1 aromatic heterocycles. The predicted molar refractivity (Wildman–Crippen MR) is 69.9 cm³/mol. The van der Waals surface area contributed by atoms with Gasteiger partial charge in [-0.3, -0.25) is 4.79 Å². The molecule has 1 atom stereocenters. The molecular weight excluding hydrogens is 212 g/mol. The molecule has 0 amide bonds. The van der Waals surface area contributed by atoms with Gasteiger partial charge in [-0.1, -0.05) is 20.8 Å². The standard InChI is InChI=1S/C14H22N2O/c1-14(2,3)11-4-5-12-9(7-11)6-10(8-15)13(17)16-12/h6,11H,4-5,7-8,15H2,1-3H3,(H,16,17). The van der Waals surface area contributed by atoms with Crippen molar-refractivity contribution in [2.24, 2.45) is 17.1 Å². The van der Waals surface area contributed by atoms with Gasteiger partial charge in [-0.2, -0.15) is 0 Å². The number of H-pyrrole nitrogens is 1. The lowest BCUT2D eigenvalue weighted by Gasteiger charge is -2.34. The van der Waals surface area contributed by atoms with E-state index in [0.717, 1.165) is 25.0 Å². The van der Waals surface area contributed by atoms with Gasteiger partial charge in [-0.05, 0) is 42.2 Å². The van der Waals surface area contributed by atoms with Crippen molar-refractivity contribution in [3.63, 3.8) is 0 Å². The zero-order valence-electron chi connectivity index (χ0n) is 11.0. The monoisotopic (exact) mass is 234 g/mol. The van der Waals surface area contributed by atoms with Gasteiger partial charge in [0.25, 0.3) is 5.56 Å². The van der Waals surface area contributed by atoms with Gasteiger partial charge >= 0.3 is 0 Å². The van der Waals surface area contributed by atoms with Crippen molar-refractivity contribution in [2.75, 3.05) is 0 Å². The Balaban J connectivity index is 2.35. The Kier molecular flexibility index (Phi) is 3.13. The lowest BCUT2D eigenvalue weighted by molar-refractivity contribution is 0.214. The fourth-order valence-electron chi connectivity index (χ4n) is 2.64. The summed E-state index contributed by atoms with van der Waals surface area (Å²) in [7, 11) is 0. The van der Waals surface area contributed by atoms with Crippen molar-refractivity contribution >= 4 is 0 Å². The molecule has 0 aromatic carbocycles. The molecule has 3 heteroatoms. The SMILES string of the molecule is CC(C)(C)C1CCc2[nH]c(=O)c(CN)cc2C1. The minimum atomic E-state index is -0.0135. The average molecular weight is 234 g/mol. The highest BCUT2D eigenvalue weighted by atomic mass is 16.1. The Morgan fingerprint density at radius 2 is 2.18 bits per heavy atom. The summed E-state index contributed by atoms with van der Waals surface area (Å²) in [5, 5.41) is 0. The van der Waals surface area contributed by atoms with E-state index < -0.39 is 0 Å². The summed E-state index contributed by atoms with van der Waals surface area (Å²) >= 11 is 0. The average Bonchev–Trinajstić information content (AvgIpc) is 2.26. The second kappa shape index (κ2) is 4.30. The number of aromatic nitrogens is 1. The summed E-state index contributed by atoms with van der Waals surface area (Å²) in [6.07, 6.45) is 3.20. The third kappa shape index (κ3) is 2.44. The fraction of sp³-hybridized carbons (Fsp3) is 0.643. The number of fused-ring (bicyclic) bond motifs is 1. The molecule has 0 saturated carbocycles. The number of hydrogen-bond acceptors (Lipinski definition) is 2. The van der Waals surface area contributed by atoms with Crippen molar-refractivity contribution in [3.8, 4) is 0 Å². The number of pyridine rings is 1. The Morgan fingerprint density at radius 1 is 1.47 bits per heavy atom. The quantitative estimate of drug-likeness (QED) is 0.780. The van der Waals surface area contributed by atoms with E-state index in [-0.39, 0.29) is 5.56 Å². The number of aromatic amines is 1. The van der Waals surface area contributed by atoms with E-state index in [2.05, 4.69) is 25.8 Å². The molecule has 0 spiro atoms. The maximum absolute atomic E-state index is 11.7. The third-order valence-electron chi connectivity index (χ3n) is 3.95. The zero-order chi connectivity index (χ0) is 12.6. The lowest BCUT2D eigenvalue weighted by Crippen LogP contribution is -2.29. The lowest BCUT2D eigenvalue weighted by atomic mass is 9.71. The highest BCUT2D eigenvalue weighted by Gasteiger charge is 2.29. The summed E-state index contributed by atoms with van der Waals surface area (Å²) in [4.78, 5) is 14.6. The van der Waals surface area contributed by atoms with E-state index in [1.54, 1.807) is 0 Å². The Hall–Kier alpha value is -1.09. The molecule has 0 radical (unpaired) electrons. The Labute approximate surface area is 102 Å². The summed E-state index contributed by atoms with van der Waals surface area (Å²) in [5.74, 6) is 0.687. The first kappa shape index (κ1) is 12.4. The van der Waals surface area contributed by atoms with Crippen LogP contribution in [0.5, 0.6) is 0 Å². The number of nitrogens with two attached hydrogens (primary N) is 1. The van der Waals surface area contributed by atoms with Crippen LogP contribution in [0.4, 0.5) is 0 Å². The molecule has 94 valence electrons. The molecule has 0 fully saturated rings. The topological polar surface area (TPSA) is 58.9 Å². The van der Waals surface area contributed by atoms with Crippen molar-refractivity contribution < 1.29 is 0 Å². The zero-order valence-corrected chi connectivity index (χ0v) is 11.0. The Morgan fingerprint density at radius 3 is 2.76 bits per heavy atom. The van der Waals surface area contributed by atoms with Crippen LogP contribution in [0.3, 0.4) is 0 Å². The first-order valence-electron chi connectivity index (χ1n) is 6.36. The molecule has 1 aliphatic rings. The van der Waals surface area contributed by atoms with E-state index >= 15 is 0 Å². The maximum Gasteiger partial charge on any atom is 0.252 e. The van der Waals surface area contributed by atoms with Crippen LogP contribution in [-0.4, -0.2) is 4.98 Å². The van der Waals surface area contributed by atoms with Gasteiger partial charge < -0.3 is 10.7 Å². The van der Waals surface area contributed by atoms with Crippen LogP contribution >= 0.6 is 0 Å². The minimum absolute atomic E-state index is 0.0135. The number of rotatable bonds is 1. The van der Waals surface area contributed by atoms with Crippen LogP contribution in [-0.2, 0) is 19.4 Å². The van der Waals surface area contributed by atoms with Crippen LogP contribution in [0.2, 0.25) is 0 Å². The molecule has 1 unspecified atom stereocenters. The summed E-state index contributed by atoms with van der Waals surface area (Å²) in [6.45, 7) is 7.19. The molecule has 3 nitrogen and oxygen atoms in total. The van der Waals surface area contributed by atoms with E-state index in [9.17, 15) is 4.79 Å². The highest BCUT2D eigenvalue weighted by Crippen LogP contribution is 2.36. The van der Waals surface area contributed by atoms with Crippen LogP contribution in [0, 0.1) is 11.3 Å². The molecule has 1 aromatic rings. The van der Waals surface area contributed by atoms with E-state index in [1.807, 2.05) is 6.07 Å². The molecule has 0 saturated heterocycles. The predicted octanol–water partition coefficient (Wildman–Crippen LogP) is 1.98. The van der Waals surface area contributed by atoms with Crippen molar-refractivity contribution in [3.05, 3.63) is 33.2 Å². The van der Waals surface area contributed by atoms with Crippen molar-refractivity contribution in [1.29, 1.82) is 0 Å². The van der Waals surface area contributed by atoms with E-state index in [0.29, 0.717) is 23.4 Å². The van der Waals surface area contributed by atoms with E-state index in [4.69, 9.17) is 5.73 Å². The molecule has 3 N–H and O–H groups in total. The molecule has 2 rings (SSSR count). The molecule has 0 aliphatic heterocycles. The molecule has 17 heavy (non-hydrogen) atoms. The van der Waals surface area contributed by atoms with Crippen LogP contribution < -0.4 is 11.3 Å². The second-order valence-electron chi connectivity index (χ2n) is 6.14.